The van der Waals surface area contributed by atoms with Crippen LogP contribution in [-0.2, 0) is 9.53 Å². The molecule has 0 unspecified atom stereocenters. The zero-order valence-electron chi connectivity index (χ0n) is 16.7. The van der Waals surface area contributed by atoms with E-state index in [2.05, 4.69) is 31.3 Å². The van der Waals surface area contributed by atoms with E-state index in [1.165, 1.54) is 11.6 Å². The first-order chi connectivity index (χ1) is 13.9. The Bertz CT molecular complexity index is 901. The van der Waals surface area contributed by atoms with Crippen LogP contribution in [0.2, 0.25) is 5.02 Å². The topological polar surface area (TPSA) is 58.6 Å². The van der Waals surface area contributed by atoms with Crippen LogP contribution in [0.3, 0.4) is 0 Å². The molecule has 2 aromatic carbocycles. The van der Waals surface area contributed by atoms with Gasteiger partial charge in [-0.25, -0.2) is 0 Å². The molecule has 0 bridgehead atoms. The van der Waals surface area contributed by atoms with Crippen molar-refractivity contribution in [2.24, 2.45) is 0 Å². The summed E-state index contributed by atoms with van der Waals surface area (Å²) in [6, 6.07) is 13.0. The van der Waals surface area contributed by atoms with Gasteiger partial charge in [0.2, 0.25) is 5.91 Å². The Labute approximate surface area is 176 Å². The van der Waals surface area contributed by atoms with Gasteiger partial charge >= 0.3 is 0 Å². The summed E-state index contributed by atoms with van der Waals surface area (Å²) in [5, 5.41) is 3.14. The maximum atomic E-state index is 12.6. The van der Waals surface area contributed by atoms with E-state index in [-0.39, 0.29) is 11.8 Å². The molecule has 2 amide bonds. The molecule has 1 N–H and O–H groups in total. The van der Waals surface area contributed by atoms with E-state index in [9.17, 15) is 9.59 Å². The van der Waals surface area contributed by atoms with E-state index < -0.39 is 0 Å². The Morgan fingerprint density at radius 3 is 2.45 bits per heavy atom. The first kappa shape index (κ1) is 21.1. The van der Waals surface area contributed by atoms with Crippen molar-refractivity contribution in [2.75, 3.05) is 31.6 Å². The summed E-state index contributed by atoms with van der Waals surface area (Å²) < 4.78 is 5.28. The monoisotopic (exact) mass is 412 g/mol. The van der Waals surface area contributed by atoms with E-state index in [4.69, 9.17) is 16.3 Å². The van der Waals surface area contributed by atoms with E-state index in [1.807, 2.05) is 12.1 Å². The van der Waals surface area contributed by atoms with E-state index in [1.54, 1.807) is 29.2 Å². The summed E-state index contributed by atoms with van der Waals surface area (Å²) in [4.78, 5) is 26.7. The molecule has 1 heterocycles. The fraction of sp³-hybridized carbons (Fsp3) is 0.304. The molecule has 0 spiro atoms. The maximum absolute atomic E-state index is 12.6. The zero-order valence-corrected chi connectivity index (χ0v) is 17.4. The maximum Gasteiger partial charge on any atom is 0.254 e. The Morgan fingerprint density at radius 1 is 1.10 bits per heavy atom. The van der Waals surface area contributed by atoms with Crippen LogP contribution in [0.4, 0.5) is 5.69 Å². The number of ether oxygens (including phenoxy) is 1. The second kappa shape index (κ2) is 9.72. The summed E-state index contributed by atoms with van der Waals surface area (Å²) >= 11 is 6.21. The second-order valence-electron chi connectivity index (χ2n) is 7.24. The van der Waals surface area contributed by atoms with Gasteiger partial charge in [0, 0.05) is 24.7 Å². The molecule has 6 heteroatoms. The minimum atomic E-state index is -0.309. The Morgan fingerprint density at radius 2 is 1.79 bits per heavy atom. The largest absolute Gasteiger partial charge is 0.378 e. The highest BCUT2D eigenvalue weighted by atomic mass is 35.5. The predicted octanol–water partition coefficient (Wildman–Crippen LogP) is 4.59. The average molecular weight is 413 g/mol. The van der Waals surface area contributed by atoms with Gasteiger partial charge in [-0.2, -0.15) is 0 Å². The van der Waals surface area contributed by atoms with Crippen molar-refractivity contribution in [1.82, 2.24) is 4.90 Å². The third-order valence-electron chi connectivity index (χ3n) is 4.80. The van der Waals surface area contributed by atoms with Gasteiger partial charge in [-0.15, -0.1) is 0 Å². The summed E-state index contributed by atoms with van der Waals surface area (Å²) in [5.74, 6) is 0.0583. The number of hydrogen-bond donors (Lipinski definition) is 1. The lowest BCUT2D eigenvalue weighted by atomic mass is 10.0. The van der Waals surface area contributed by atoms with Gasteiger partial charge in [0.15, 0.2) is 0 Å². The molecule has 1 saturated heterocycles. The zero-order chi connectivity index (χ0) is 20.8. The highest BCUT2D eigenvalue weighted by Gasteiger charge is 2.19. The normalized spacial score (nSPS) is 14.4. The molecule has 3 rings (SSSR count). The molecule has 1 aliphatic rings. The van der Waals surface area contributed by atoms with E-state index in [0.717, 1.165) is 5.56 Å². The van der Waals surface area contributed by atoms with Crippen molar-refractivity contribution in [2.45, 2.75) is 19.8 Å². The van der Waals surface area contributed by atoms with Crippen LogP contribution in [-0.4, -0.2) is 43.0 Å². The highest BCUT2D eigenvalue weighted by Crippen LogP contribution is 2.24. The van der Waals surface area contributed by atoms with Crippen molar-refractivity contribution >= 4 is 35.2 Å². The van der Waals surface area contributed by atoms with Gasteiger partial charge in [-0.1, -0.05) is 49.7 Å². The van der Waals surface area contributed by atoms with Crippen molar-refractivity contribution in [3.8, 4) is 0 Å². The number of nitrogens with one attached hydrogen (secondary N) is 1. The summed E-state index contributed by atoms with van der Waals surface area (Å²) in [6.45, 7) is 6.46. The van der Waals surface area contributed by atoms with Crippen LogP contribution in [0.15, 0.2) is 48.5 Å². The molecule has 2 aromatic rings. The third kappa shape index (κ3) is 5.68. The minimum Gasteiger partial charge on any atom is -0.378 e. The van der Waals surface area contributed by atoms with Crippen LogP contribution in [0.25, 0.3) is 6.08 Å². The first-order valence-corrected chi connectivity index (χ1v) is 10.1. The minimum absolute atomic E-state index is 0.0961. The fourth-order valence-corrected chi connectivity index (χ4v) is 3.21. The molecule has 0 saturated carbocycles. The summed E-state index contributed by atoms with van der Waals surface area (Å²) in [7, 11) is 0. The van der Waals surface area contributed by atoms with Crippen molar-refractivity contribution in [3.05, 3.63) is 70.3 Å². The van der Waals surface area contributed by atoms with E-state index in [0.29, 0.717) is 48.5 Å². The number of amides is 2. The van der Waals surface area contributed by atoms with Crippen LogP contribution in [0.5, 0.6) is 0 Å². The molecule has 152 valence electrons. The lowest BCUT2D eigenvalue weighted by Crippen LogP contribution is -2.40. The summed E-state index contributed by atoms with van der Waals surface area (Å²) in [6.07, 6.45) is 3.20. The van der Waals surface area contributed by atoms with Crippen LogP contribution >= 0.6 is 11.6 Å². The number of nitrogens with zero attached hydrogens (tertiary/aromatic N) is 1. The first-order valence-electron chi connectivity index (χ1n) is 9.69. The molecule has 0 atom stereocenters. The van der Waals surface area contributed by atoms with Gasteiger partial charge in [-0.05, 0) is 41.3 Å². The SMILES string of the molecule is CC(C)c1ccc(/C=C/C(=O)Nc2cc(C(=O)N3CCOCC3)ccc2Cl)cc1. The number of rotatable bonds is 5. The van der Waals surface area contributed by atoms with Gasteiger partial charge < -0.3 is 15.0 Å². The number of halogens is 1. The number of anilines is 1. The van der Waals surface area contributed by atoms with Gasteiger partial charge in [-0.3, -0.25) is 9.59 Å². The Kier molecular flexibility index (Phi) is 7.07. The van der Waals surface area contributed by atoms with Gasteiger partial charge in [0.25, 0.3) is 5.91 Å². The van der Waals surface area contributed by atoms with E-state index >= 15 is 0 Å². The third-order valence-corrected chi connectivity index (χ3v) is 5.13. The second-order valence-corrected chi connectivity index (χ2v) is 7.65. The number of carbonyl (C=O) groups excluding carboxylic acids is 2. The lowest BCUT2D eigenvalue weighted by Gasteiger charge is -2.27. The molecular formula is C23H25ClN2O3. The number of morpholine rings is 1. The van der Waals surface area contributed by atoms with Gasteiger partial charge in [0.1, 0.15) is 0 Å². The Balaban J connectivity index is 1.67. The molecule has 0 aliphatic carbocycles. The predicted molar refractivity (Wildman–Crippen MR) is 116 cm³/mol. The molecule has 29 heavy (non-hydrogen) atoms. The van der Waals surface area contributed by atoms with Crippen LogP contribution in [0.1, 0.15) is 41.3 Å². The molecule has 0 aromatic heterocycles. The van der Waals surface area contributed by atoms with Crippen LogP contribution < -0.4 is 5.32 Å². The van der Waals surface area contributed by atoms with Crippen LogP contribution in [0, 0.1) is 0 Å². The molecule has 1 fully saturated rings. The lowest BCUT2D eigenvalue weighted by molar-refractivity contribution is -0.111. The van der Waals surface area contributed by atoms with Crippen molar-refractivity contribution < 1.29 is 14.3 Å². The number of hydrogen-bond acceptors (Lipinski definition) is 3. The fourth-order valence-electron chi connectivity index (χ4n) is 3.04. The number of carbonyl (C=O) groups is 2. The molecule has 1 aliphatic heterocycles. The summed E-state index contributed by atoms with van der Waals surface area (Å²) in [5.41, 5.74) is 3.09. The van der Waals surface area contributed by atoms with Gasteiger partial charge in [0.05, 0.1) is 23.9 Å². The smallest absolute Gasteiger partial charge is 0.254 e. The molecule has 5 nitrogen and oxygen atoms in total. The van der Waals surface area contributed by atoms with Crippen molar-refractivity contribution in [1.29, 1.82) is 0 Å². The quantitative estimate of drug-likeness (QED) is 0.731. The average Bonchev–Trinajstić information content (AvgIpc) is 2.74. The molecule has 0 radical (unpaired) electrons. The highest BCUT2D eigenvalue weighted by molar-refractivity contribution is 6.34. The Hall–Kier alpha value is -2.63. The standard InChI is InChI=1S/C23H25ClN2O3/c1-16(2)18-6-3-17(4-7-18)5-10-22(27)25-21-15-19(8-9-20(21)24)23(28)26-11-13-29-14-12-26/h3-10,15-16H,11-14H2,1-2H3,(H,25,27)/b10-5+. The number of benzene rings is 2. The van der Waals surface area contributed by atoms with Crippen molar-refractivity contribution in [3.63, 3.8) is 0 Å². The molecular weight excluding hydrogens is 388 g/mol.